The Kier molecular flexibility index (Phi) is 7.47. The maximum atomic E-state index is 12.5. The number of amides is 1. The molecule has 1 amide bonds. The Labute approximate surface area is 131 Å². The van der Waals surface area contributed by atoms with Gasteiger partial charge in [0, 0.05) is 25.8 Å². The highest BCUT2D eigenvalue weighted by molar-refractivity contribution is 6.30. The molecule has 1 heterocycles. The molecule has 0 unspecified atom stereocenters. The van der Waals surface area contributed by atoms with Crippen LogP contribution in [0.4, 0.5) is 5.82 Å². The highest BCUT2D eigenvalue weighted by Crippen LogP contribution is 2.14. The molecular formula is C15H24ClN3O2. The van der Waals surface area contributed by atoms with E-state index in [9.17, 15) is 9.90 Å². The van der Waals surface area contributed by atoms with Crippen molar-refractivity contribution in [1.29, 1.82) is 0 Å². The smallest absolute Gasteiger partial charge is 0.242 e. The summed E-state index contributed by atoms with van der Waals surface area (Å²) >= 11 is 5.81. The molecule has 21 heavy (non-hydrogen) atoms. The van der Waals surface area contributed by atoms with Gasteiger partial charge in [-0.15, -0.1) is 0 Å². The van der Waals surface area contributed by atoms with Crippen molar-refractivity contribution in [2.24, 2.45) is 0 Å². The highest BCUT2D eigenvalue weighted by Gasteiger charge is 2.21. The molecule has 0 bridgehead atoms. The van der Waals surface area contributed by atoms with Gasteiger partial charge in [-0.05, 0) is 25.0 Å². The van der Waals surface area contributed by atoms with Crippen molar-refractivity contribution in [2.45, 2.75) is 32.7 Å². The largest absolute Gasteiger partial charge is 0.395 e. The summed E-state index contributed by atoms with van der Waals surface area (Å²) in [7, 11) is 1.82. The van der Waals surface area contributed by atoms with Gasteiger partial charge in [0.25, 0.3) is 0 Å². The van der Waals surface area contributed by atoms with E-state index in [1.165, 1.54) is 0 Å². The first kappa shape index (κ1) is 17.7. The number of aliphatic hydroxyl groups is 1. The van der Waals surface area contributed by atoms with Crippen molar-refractivity contribution < 1.29 is 9.90 Å². The van der Waals surface area contributed by atoms with E-state index in [1.54, 1.807) is 28.1 Å². The summed E-state index contributed by atoms with van der Waals surface area (Å²) in [5.74, 6) is 0.693. The predicted molar refractivity (Wildman–Crippen MR) is 85.7 cm³/mol. The number of halogens is 1. The third-order valence-corrected chi connectivity index (χ3v) is 3.74. The van der Waals surface area contributed by atoms with E-state index >= 15 is 0 Å². The minimum atomic E-state index is -0.0227. The van der Waals surface area contributed by atoms with Gasteiger partial charge in [-0.2, -0.15) is 0 Å². The third kappa shape index (κ3) is 5.17. The fraction of sp³-hybridized carbons (Fsp3) is 0.600. The van der Waals surface area contributed by atoms with Crippen LogP contribution in [0.15, 0.2) is 18.3 Å². The fourth-order valence-electron chi connectivity index (χ4n) is 2.32. The summed E-state index contributed by atoms with van der Waals surface area (Å²) in [4.78, 5) is 20.2. The molecule has 1 aromatic heterocycles. The van der Waals surface area contributed by atoms with Crippen molar-refractivity contribution >= 4 is 23.3 Å². The molecule has 0 radical (unpaired) electrons. The van der Waals surface area contributed by atoms with E-state index < -0.39 is 0 Å². The number of aliphatic hydroxyl groups excluding tert-OH is 1. The molecule has 0 saturated heterocycles. The van der Waals surface area contributed by atoms with Gasteiger partial charge < -0.3 is 14.9 Å². The van der Waals surface area contributed by atoms with Crippen molar-refractivity contribution in [3.05, 3.63) is 23.4 Å². The van der Waals surface area contributed by atoms with Crippen LogP contribution in [-0.4, -0.2) is 53.7 Å². The number of hydrogen-bond acceptors (Lipinski definition) is 4. The minimum Gasteiger partial charge on any atom is -0.395 e. The second kappa shape index (κ2) is 8.85. The summed E-state index contributed by atoms with van der Waals surface area (Å²) in [6.45, 7) is 4.68. The highest BCUT2D eigenvalue weighted by atomic mass is 35.5. The first-order valence-electron chi connectivity index (χ1n) is 7.26. The number of pyridine rings is 1. The van der Waals surface area contributed by atoms with Gasteiger partial charge in [-0.25, -0.2) is 4.98 Å². The van der Waals surface area contributed by atoms with Crippen molar-refractivity contribution in [1.82, 2.24) is 9.88 Å². The molecule has 1 N–H and O–H groups in total. The molecule has 0 fully saturated rings. The lowest BCUT2D eigenvalue weighted by molar-refractivity contribution is -0.132. The second-order valence-corrected chi connectivity index (χ2v) is 5.41. The number of nitrogens with zero attached hydrogens (tertiary/aromatic N) is 3. The van der Waals surface area contributed by atoms with Crippen molar-refractivity contribution in [3.63, 3.8) is 0 Å². The maximum absolute atomic E-state index is 12.5. The SMILES string of the molecule is CCC(CC)N(CCO)C(=O)CN(C)c1ccc(Cl)cn1. The maximum Gasteiger partial charge on any atom is 0.242 e. The standard InChI is InChI=1S/C15H24ClN3O2/c1-4-13(5-2)19(8-9-20)15(21)11-18(3)14-7-6-12(16)10-17-14/h6-7,10,13,20H,4-5,8-9,11H2,1-3H3. The van der Waals surface area contributed by atoms with Gasteiger partial charge in [0.1, 0.15) is 5.82 Å². The number of likely N-dealkylation sites (N-methyl/N-ethyl adjacent to an activating group) is 1. The van der Waals surface area contributed by atoms with Crippen LogP contribution in [0.5, 0.6) is 0 Å². The van der Waals surface area contributed by atoms with Crippen LogP contribution in [0.1, 0.15) is 26.7 Å². The molecule has 118 valence electrons. The molecule has 0 aliphatic rings. The molecule has 0 aliphatic carbocycles. The minimum absolute atomic E-state index is 0.00278. The molecule has 0 atom stereocenters. The number of anilines is 1. The Morgan fingerprint density at radius 3 is 2.52 bits per heavy atom. The normalized spacial score (nSPS) is 10.8. The van der Waals surface area contributed by atoms with Crippen molar-refractivity contribution in [3.8, 4) is 0 Å². The summed E-state index contributed by atoms with van der Waals surface area (Å²) in [5, 5.41) is 9.74. The lowest BCUT2D eigenvalue weighted by Gasteiger charge is -2.31. The Bertz CT molecular complexity index is 435. The zero-order chi connectivity index (χ0) is 15.8. The van der Waals surface area contributed by atoms with E-state index in [1.807, 2.05) is 7.05 Å². The Morgan fingerprint density at radius 1 is 1.38 bits per heavy atom. The van der Waals surface area contributed by atoms with Crippen LogP contribution >= 0.6 is 11.6 Å². The molecule has 5 nitrogen and oxygen atoms in total. The average molecular weight is 314 g/mol. The number of hydrogen-bond donors (Lipinski definition) is 1. The van der Waals surface area contributed by atoms with E-state index in [0.717, 1.165) is 12.8 Å². The van der Waals surface area contributed by atoms with Crippen LogP contribution in [0, 0.1) is 0 Å². The van der Waals surface area contributed by atoms with E-state index in [0.29, 0.717) is 17.4 Å². The van der Waals surface area contributed by atoms with Crippen LogP contribution in [-0.2, 0) is 4.79 Å². The molecule has 6 heteroatoms. The first-order valence-corrected chi connectivity index (χ1v) is 7.64. The van der Waals surface area contributed by atoms with E-state index in [-0.39, 0.29) is 25.1 Å². The monoisotopic (exact) mass is 313 g/mol. The molecule has 0 aromatic carbocycles. The zero-order valence-corrected chi connectivity index (χ0v) is 13.7. The number of carbonyl (C=O) groups excluding carboxylic acids is 1. The van der Waals surface area contributed by atoms with Gasteiger partial charge in [-0.1, -0.05) is 25.4 Å². The second-order valence-electron chi connectivity index (χ2n) is 4.97. The molecule has 0 spiro atoms. The Balaban J connectivity index is 2.73. The van der Waals surface area contributed by atoms with Crippen LogP contribution in [0.2, 0.25) is 5.02 Å². The number of aromatic nitrogens is 1. The molecule has 0 aliphatic heterocycles. The zero-order valence-electron chi connectivity index (χ0n) is 12.9. The van der Waals surface area contributed by atoms with Crippen LogP contribution in [0.25, 0.3) is 0 Å². The topological polar surface area (TPSA) is 56.7 Å². The molecule has 1 aromatic rings. The lowest BCUT2D eigenvalue weighted by atomic mass is 10.1. The van der Waals surface area contributed by atoms with Gasteiger partial charge in [0.2, 0.25) is 5.91 Å². The predicted octanol–water partition coefficient (Wildman–Crippen LogP) is 2.18. The van der Waals surface area contributed by atoms with Gasteiger partial charge in [0.15, 0.2) is 0 Å². The number of rotatable bonds is 8. The first-order chi connectivity index (χ1) is 10.0. The third-order valence-electron chi connectivity index (χ3n) is 3.52. The lowest BCUT2D eigenvalue weighted by Crippen LogP contribution is -2.46. The van der Waals surface area contributed by atoms with Gasteiger partial charge >= 0.3 is 0 Å². The summed E-state index contributed by atoms with van der Waals surface area (Å²) < 4.78 is 0. The molecular weight excluding hydrogens is 290 g/mol. The van der Waals surface area contributed by atoms with Gasteiger partial charge in [-0.3, -0.25) is 4.79 Å². The van der Waals surface area contributed by atoms with Crippen LogP contribution in [0.3, 0.4) is 0 Å². The number of carbonyl (C=O) groups is 1. The summed E-state index contributed by atoms with van der Waals surface area (Å²) in [6.07, 6.45) is 3.32. The van der Waals surface area contributed by atoms with Crippen molar-refractivity contribution in [2.75, 3.05) is 31.6 Å². The van der Waals surface area contributed by atoms with Crippen LogP contribution < -0.4 is 4.90 Å². The molecule has 1 rings (SSSR count). The Hall–Kier alpha value is -1.33. The fourth-order valence-corrected chi connectivity index (χ4v) is 2.43. The quantitative estimate of drug-likeness (QED) is 0.799. The summed E-state index contributed by atoms with van der Waals surface area (Å²) in [5.41, 5.74) is 0. The average Bonchev–Trinajstić information content (AvgIpc) is 2.48. The summed E-state index contributed by atoms with van der Waals surface area (Å²) in [6, 6.07) is 3.69. The van der Waals surface area contributed by atoms with E-state index in [4.69, 9.17) is 11.6 Å². The van der Waals surface area contributed by atoms with E-state index in [2.05, 4.69) is 18.8 Å². The van der Waals surface area contributed by atoms with Gasteiger partial charge in [0.05, 0.1) is 18.2 Å². The molecule has 0 saturated carbocycles. The Morgan fingerprint density at radius 2 is 2.05 bits per heavy atom.